The Morgan fingerprint density at radius 1 is 1.24 bits per heavy atom. The highest BCUT2D eigenvalue weighted by atomic mass is 16.5. The highest BCUT2D eigenvalue weighted by molar-refractivity contribution is 5.99. The fourth-order valence-corrected chi connectivity index (χ4v) is 1.74. The number of aromatic nitrogens is 1. The maximum absolute atomic E-state index is 12.0. The molecule has 0 aliphatic carbocycles. The van der Waals surface area contributed by atoms with Crippen molar-refractivity contribution >= 4 is 28.8 Å². The molecule has 1 aromatic heterocycles. The Bertz CT molecular complexity index is 659. The van der Waals surface area contributed by atoms with E-state index in [1.54, 1.807) is 6.07 Å². The molecule has 0 bridgehead atoms. The van der Waals surface area contributed by atoms with E-state index in [0.717, 1.165) is 10.9 Å². The second kappa shape index (κ2) is 6.08. The molecule has 3 amide bonds. The zero-order chi connectivity index (χ0) is 15.4. The van der Waals surface area contributed by atoms with Crippen LogP contribution in [0, 0.1) is 0 Å². The Morgan fingerprint density at radius 3 is 2.62 bits per heavy atom. The number of imide groups is 1. The summed E-state index contributed by atoms with van der Waals surface area (Å²) in [7, 11) is 1.38. The van der Waals surface area contributed by atoms with Gasteiger partial charge in [0.05, 0.1) is 0 Å². The molecule has 1 atom stereocenters. The summed E-state index contributed by atoms with van der Waals surface area (Å²) in [5.74, 6) is -1.36. The maximum Gasteiger partial charge on any atom is 0.355 e. The summed E-state index contributed by atoms with van der Waals surface area (Å²) in [6, 6.07) is 8.35. The van der Waals surface area contributed by atoms with Crippen LogP contribution in [0.2, 0.25) is 0 Å². The molecule has 0 spiro atoms. The number of H-pyrrole nitrogens is 1. The standard InChI is InChI=1S/C14H15N3O4/c1-8(12(18)17-14(20)15-2)21-13(19)11-7-9-5-3-4-6-10(9)16-11/h3-8,16H,1-2H3,(H2,15,17,18,20)/t8-/m1/s1. The normalized spacial score (nSPS) is 11.7. The summed E-state index contributed by atoms with van der Waals surface area (Å²) in [6.07, 6.45) is -1.08. The zero-order valence-electron chi connectivity index (χ0n) is 11.6. The van der Waals surface area contributed by atoms with Crippen molar-refractivity contribution in [2.75, 3.05) is 7.05 Å². The lowest BCUT2D eigenvalue weighted by Crippen LogP contribution is -2.43. The van der Waals surface area contributed by atoms with Crippen LogP contribution in [0.25, 0.3) is 10.9 Å². The summed E-state index contributed by atoms with van der Waals surface area (Å²) in [6.45, 7) is 1.39. The highest BCUT2D eigenvalue weighted by Crippen LogP contribution is 2.15. The lowest BCUT2D eigenvalue weighted by molar-refractivity contribution is -0.127. The number of rotatable bonds is 3. The minimum absolute atomic E-state index is 0.246. The first kappa shape index (κ1) is 14.6. The molecule has 1 heterocycles. The Kier molecular flexibility index (Phi) is 4.22. The second-order valence-corrected chi connectivity index (χ2v) is 4.39. The molecule has 110 valence electrons. The van der Waals surface area contributed by atoms with Crippen LogP contribution in [-0.4, -0.2) is 36.0 Å². The van der Waals surface area contributed by atoms with E-state index in [0.29, 0.717) is 0 Å². The van der Waals surface area contributed by atoms with E-state index in [2.05, 4.69) is 10.3 Å². The van der Waals surface area contributed by atoms with Gasteiger partial charge in [0, 0.05) is 18.0 Å². The molecule has 0 aliphatic rings. The average molecular weight is 289 g/mol. The molecule has 2 rings (SSSR count). The smallest absolute Gasteiger partial charge is 0.355 e. The van der Waals surface area contributed by atoms with Gasteiger partial charge in [0.2, 0.25) is 0 Å². The molecule has 0 fully saturated rings. The molecule has 2 aromatic rings. The second-order valence-electron chi connectivity index (χ2n) is 4.39. The van der Waals surface area contributed by atoms with Crippen LogP contribution in [0.1, 0.15) is 17.4 Å². The van der Waals surface area contributed by atoms with Gasteiger partial charge in [0.1, 0.15) is 5.69 Å². The van der Waals surface area contributed by atoms with E-state index in [1.165, 1.54) is 14.0 Å². The fraction of sp³-hybridized carbons (Fsp3) is 0.214. The van der Waals surface area contributed by atoms with Crippen LogP contribution in [0.5, 0.6) is 0 Å². The molecule has 0 saturated carbocycles. The molecule has 0 unspecified atom stereocenters. The molecule has 0 saturated heterocycles. The van der Waals surface area contributed by atoms with Gasteiger partial charge in [0.15, 0.2) is 6.10 Å². The third-order valence-electron chi connectivity index (χ3n) is 2.87. The summed E-state index contributed by atoms with van der Waals surface area (Å²) in [5, 5.41) is 5.14. The fourth-order valence-electron chi connectivity index (χ4n) is 1.74. The Balaban J connectivity index is 2.03. The number of benzene rings is 1. The number of hydrogen-bond donors (Lipinski definition) is 3. The number of para-hydroxylation sites is 1. The number of fused-ring (bicyclic) bond motifs is 1. The van der Waals surface area contributed by atoms with Crippen molar-refractivity contribution in [1.82, 2.24) is 15.6 Å². The maximum atomic E-state index is 12.0. The number of amides is 3. The van der Waals surface area contributed by atoms with Crippen molar-refractivity contribution in [2.45, 2.75) is 13.0 Å². The summed E-state index contributed by atoms with van der Waals surface area (Å²) >= 11 is 0. The molecule has 3 N–H and O–H groups in total. The first-order valence-corrected chi connectivity index (χ1v) is 6.32. The molecule has 21 heavy (non-hydrogen) atoms. The van der Waals surface area contributed by atoms with Crippen LogP contribution in [-0.2, 0) is 9.53 Å². The summed E-state index contributed by atoms with van der Waals surface area (Å²) < 4.78 is 5.01. The molecule has 1 aromatic carbocycles. The van der Waals surface area contributed by atoms with E-state index >= 15 is 0 Å². The van der Waals surface area contributed by atoms with Gasteiger partial charge in [-0.2, -0.15) is 0 Å². The van der Waals surface area contributed by atoms with Crippen LogP contribution >= 0.6 is 0 Å². The molecule has 7 nitrogen and oxygen atoms in total. The molecule has 0 radical (unpaired) electrons. The highest BCUT2D eigenvalue weighted by Gasteiger charge is 2.21. The number of hydrogen-bond acceptors (Lipinski definition) is 4. The first-order chi connectivity index (χ1) is 10.0. The average Bonchev–Trinajstić information content (AvgIpc) is 2.90. The summed E-state index contributed by atoms with van der Waals surface area (Å²) in [5.41, 5.74) is 1.04. The van der Waals surface area contributed by atoms with Crippen molar-refractivity contribution in [2.24, 2.45) is 0 Å². The topological polar surface area (TPSA) is 100 Å². The van der Waals surface area contributed by atoms with Crippen molar-refractivity contribution in [3.63, 3.8) is 0 Å². The van der Waals surface area contributed by atoms with Gasteiger partial charge >= 0.3 is 12.0 Å². The van der Waals surface area contributed by atoms with E-state index in [9.17, 15) is 14.4 Å². The van der Waals surface area contributed by atoms with E-state index in [4.69, 9.17) is 4.74 Å². The van der Waals surface area contributed by atoms with Gasteiger partial charge in [0.25, 0.3) is 5.91 Å². The monoisotopic (exact) mass is 289 g/mol. The number of urea groups is 1. The van der Waals surface area contributed by atoms with E-state index in [1.807, 2.05) is 29.6 Å². The number of nitrogens with one attached hydrogen (secondary N) is 3. The number of aromatic amines is 1. The largest absolute Gasteiger partial charge is 0.448 e. The van der Waals surface area contributed by atoms with Crippen molar-refractivity contribution in [3.8, 4) is 0 Å². The molecular formula is C14H15N3O4. The predicted molar refractivity (Wildman–Crippen MR) is 75.8 cm³/mol. The van der Waals surface area contributed by atoms with Crippen LogP contribution in [0.4, 0.5) is 4.79 Å². The van der Waals surface area contributed by atoms with Gasteiger partial charge < -0.3 is 15.0 Å². The predicted octanol–water partition coefficient (Wildman–Crippen LogP) is 1.17. The minimum Gasteiger partial charge on any atom is -0.448 e. The number of esters is 1. The third kappa shape index (κ3) is 3.38. The van der Waals surface area contributed by atoms with Crippen molar-refractivity contribution in [3.05, 3.63) is 36.0 Å². The van der Waals surface area contributed by atoms with Crippen LogP contribution in [0.3, 0.4) is 0 Å². The van der Waals surface area contributed by atoms with E-state index in [-0.39, 0.29) is 5.69 Å². The van der Waals surface area contributed by atoms with Crippen LogP contribution < -0.4 is 10.6 Å². The lowest BCUT2D eigenvalue weighted by Gasteiger charge is -2.11. The van der Waals surface area contributed by atoms with Gasteiger partial charge in [-0.3, -0.25) is 10.1 Å². The van der Waals surface area contributed by atoms with E-state index < -0.39 is 24.0 Å². The van der Waals surface area contributed by atoms with Gasteiger partial charge in [-0.1, -0.05) is 18.2 Å². The number of carbonyl (C=O) groups excluding carboxylic acids is 3. The van der Waals surface area contributed by atoms with Crippen molar-refractivity contribution in [1.29, 1.82) is 0 Å². The molecular weight excluding hydrogens is 274 g/mol. The third-order valence-corrected chi connectivity index (χ3v) is 2.87. The molecule has 0 aliphatic heterocycles. The number of carbonyl (C=O) groups is 3. The minimum atomic E-state index is -1.08. The SMILES string of the molecule is CNC(=O)NC(=O)[C@@H](C)OC(=O)c1cc2ccccc2[nH]1. The number of ether oxygens (including phenoxy) is 1. The zero-order valence-corrected chi connectivity index (χ0v) is 11.6. The quantitative estimate of drug-likeness (QED) is 0.738. The lowest BCUT2D eigenvalue weighted by atomic mass is 10.2. The Labute approximate surface area is 120 Å². The molecule has 7 heteroatoms. The van der Waals surface area contributed by atoms with Gasteiger partial charge in [-0.05, 0) is 19.1 Å². The van der Waals surface area contributed by atoms with Crippen LogP contribution in [0.15, 0.2) is 30.3 Å². The van der Waals surface area contributed by atoms with Gasteiger partial charge in [-0.15, -0.1) is 0 Å². The Hall–Kier alpha value is -2.83. The van der Waals surface area contributed by atoms with Crippen molar-refractivity contribution < 1.29 is 19.1 Å². The first-order valence-electron chi connectivity index (χ1n) is 6.32. The summed E-state index contributed by atoms with van der Waals surface area (Å²) in [4.78, 5) is 37.5. The Morgan fingerprint density at radius 2 is 1.95 bits per heavy atom. The van der Waals surface area contributed by atoms with Gasteiger partial charge in [-0.25, -0.2) is 9.59 Å².